The van der Waals surface area contributed by atoms with E-state index < -0.39 is 5.97 Å². The Morgan fingerprint density at radius 3 is 3.00 bits per heavy atom. The Hall–Kier alpha value is -2.64. The maximum Gasteiger partial charge on any atom is 0.341 e. The van der Waals surface area contributed by atoms with E-state index in [1.54, 1.807) is 20.0 Å². The lowest BCUT2D eigenvalue weighted by molar-refractivity contribution is 0.0526. The number of hydrogen-bond donors (Lipinski definition) is 2. The van der Waals surface area contributed by atoms with Gasteiger partial charge in [0.25, 0.3) is 0 Å². The van der Waals surface area contributed by atoms with Gasteiger partial charge < -0.3 is 15.8 Å². The molecule has 0 aliphatic carbocycles. The molecule has 2 heterocycles. The average molecular weight is 262 g/mol. The first kappa shape index (κ1) is 12.8. The van der Waals surface area contributed by atoms with Crippen LogP contribution in [0, 0.1) is 0 Å². The summed E-state index contributed by atoms with van der Waals surface area (Å²) in [4.78, 5) is 19.6. The quantitative estimate of drug-likeness (QED) is 0.770. The van der Waals surface area contributed by atoms with Crippen LogP contribution in [0.15, 0.2) is 18.5 Å². The summed E-state index contributed by atoms with van der Waals surface area (Å²) in [5, 5.41) is 6.91. The third-order valence-electron chi connectivity index (χ3n) is 2.31. The van der Waals surface area contributed by atoms with E-state index in [0.29, 0.717) is 23.8 Å². The topological polar surface area (TPSA) is 108 Å². The normalized spacial score (nSPS) is 10.2. The molecule has 0 bridgehead atoms. The SMILES string of the molecule is CCOC(=O)c1cnn(-c2cc(NC)nc(N)n2)c1. The van der Waals surface area contributed by atoms with E-state index in [0.717, 1.165) is 0 Å². The number of carbonyl (C=O) groups is 1. The molecule has 0 saturated heterocycles. The van der Waals surface area contributed by atoms with Crippen LogP contribution in [0.3, 0.4) is 0 Å². The zero-order chi connectivity index (χ0) is 13.8. The van der Waals surface area contributed by atoms with Gasteiger partial charge in [-0.15, -0.1) is 0 Å². The maximum absolute atomic E-state index is 11.5. The van der Waals surface area contributed by atoms with E-state index in [9.17, 15) is 4.79 Å². The van der Waals surface area contributed by atoms with E-state index in [2.05, 4.69) is 20.4 Å². The summed E-state index contributed by atoms with van der Waals surface area (Å²) in [6.45, 7) is 2.06. The second kappa shape index (κ2) is 5.34. The number of rotatable bonds is 4. The van der Waals surface area contributed by atoms with Crippen molar-refractivity contribution >= 4 is 17.7 Å². The van der Waals surface area contributed by atoms with Crippen LogP contribution in [0.2, 0.25) is 0 Å². The highest BCUT2D eigenvalue weighted by atomic mass is 16.5. The second-order valence-electron chi connectivity index (χ2n) is 3.61. The third-order valence-corrected chi connectivity index (χ3v) is 2.31. The molecule has 0 aromatic carbocycles. The number of hydrogen-bond acceptors (Lipinski definition) is 7. The molecule has 19 heavy (non-hydrogen) atoms. The summed E-state index contributed by atoms with van der Waals surface area (Å²) in [5.74, 6) is 0.725. The molecule has 0 unspecified atom stereocenters. The van der Waals surface area contributed by atoms with Gasteiger partial charge in [-0.3, -0.25) is 0 Å². The molecular weight excluding hydrogens is 248 g/mol. The highest BCUT2D eigenvalue weighted by Crippen LogP contribution is 2.12. The molecule has 3 N–H and O–H groups in total. The average Bonchev–Trinajstić information content (AvgIpc) is 2.88. The predicted molar refractivity (Wildman–Crippen MR) is 69.1 cm³/mol. The number of ether oxygens (including phenoxy) is 1. The van der Waals surface area contributed by atoms with E-state index in [-0.39, 0.29) is 5.95 Å². The molecule has 2 aromatic rings. The molecule has 8 heteroatoms. The minimum absolute atomic E-state index is 0.120. The van der Waals surface area contributed by atoms with Crippen molar-refractivity contribution in [3.05, 3.63) is 24.0 Å². The van der Waals surface area contributed by atoms with Crippen molar-refractivity contribution in [1.82, 2.24) is 19.7 Å². The highest BCUT2D eigenvalue weighted by molar-refractivity contribution is 5.88. The first-order chi connectivity index (χ1) is 9.13. The number of aromatic nitrogens is 4. The van der Waals surface area contributed by atoms with Crippen molar-refractivity contribution in [2.24, 2.45) is 0 Å². The Morgan fingerprint density at radius 1 is 1.53 bits per heavy atom. The van der Waals surface area contributed by atoms with Crippen LogP contribution >= 0.6 is 0 Å². The van der Waals surface area contributed by atoms with Gasteiger partial charge >= 0.3 is 5.97 Å². The lowest BCUT2D eigenvalue weighted by Gasteiger charge is -2.04. The zero-order valence-electron chi connectivity index (χ0n) is 10.6. The van der Waals surface area contributed by atoms with Crippen molar-refractivity contribution in [1.29, 1.82) is 0 Å². The predicted octanol–water partition coefficient (Wildman–Crippen LogP) is 0.463. The fourth-order valence-corrected chi connectivity index (χ4v) is 1.47. The minimum atomic E-state index is -0.426. The number of anilines is 2. The first-order valence-corrected chi connectivity index (χ1v) is 5.68. The van der Waals surface area contributed by atoms with Crippen LogP contribution in [0.25, 0.3) is 5.82 Å². The summed E-state index contributed by atoms with van der Waals surface area (Å²) < 4.78 is 6.32. The molecule has 0 aliphatic heterocycles. The number of esters is 1. The van der Waals surface area contributed by atoms with E-state index in [1.165, 1.54) is 17.1 Å². The largest absolute Gasteiger partial charge is 0.462 e. The maximum atomic E-state index is 11.5. The Kier molecular flexibility index (Phi) is 3.60. The second-order valence-corrected chi connectivity index (χ2v) is 3.61. The number of nitrogens with one attached hydrogen (secondary N) is 1. The van der Waals surface area contributed by atoms with Crippen LogP contribution in [0.5, 0.6) is 0 Å². The van der Waals surface area contributed by atoms with Crippen molar-refractivity contribution in [3.63, 3.8) is 0 Å². The number of nitrogens with two attached hydrogens (primary N) is 1. The minimum Gasteiger partial charge on any atom is -0.462 e. The van der Waals surface area contributed by atoms with E-state index in [4.69, 9.17) is 10.5 Å². The summed E-state index contributed by atoms with van der Waals surface area (Å²) in [7, 11) is 1.72. The fraction of sp³-hybridized carbons (Fsp3) is 0.273. The van der Waals surface area contributed by atoms with Gasteiger partial charge in [0.1, 0.15) is 5.82 Å². The van der Waals surface area contributed by atoms with Crippen molar-refractivity contribution < 1.29 is 9.53 Å². The van der Waals surface area contributed by atoms with Gasteiger partial charge in [-0.1, -0.05) is 0 Å². The van der Waals surface area contributed by atoms with Crippen LogP contribution in [0.1, 0.15) is 17.3 Å². The van der Waals surface area contributed by atoms with Crippen molar-refractivity contribution in [3.8, 4) is 5.82 Å². The van der Waals surface area contributed by atoms with Crippen LogP contribution in [0.4, 0.5) is 11.8 Å². The van der Waals surface area contributed by atoms with Gasteiger partial charge in [0.15, 0.2) is 5.82 Å². The summed E-state index contributed by atoms with van der Waals surface area (Å²) in [6.07, 6.45) is 2.94. The first-order valence-electron chi connectivity index (χ1n) is 5.68. The lowest BCUT2D eigenvalue weighted by Crippen LogP contribution is -2.06. The molecule has 2 aromatic heterocycles. The van der Waals surface area contributed by atoms with Gasteiger partial charge in [-0.05, 0) is 6.92 Å². The summed E-state index contributed by atoms with van der Waals surface area (Å²) in [5.41, 5.74) is 5.94. The van der Waals surface area contributed by atoms with Crippen LogP contribution < -0.4 is 11.1 Å². The Labute approximate surface area is 109 Å². The molecule has 0 radical (unpaired) electrons. The summed E-state index contributed by atoms with van der Waals surface area (Å²) >= 11 is 0. The van der Waals surface area contributed by atoms with E-state index in [1.807, 2.05) is 0 Å². The van der Waals surface area contributed by atoms with Crippen LogP contribution in [-0.2, 0) is 4.74 Å². The molecular formula is C11H14N6O2. The van der Waals surface area contributed by atoms with Crippen LogP contribution in [-0.4, -0.2) is 39.4 Å². The standard InChI is InChI=1S/C11H14N6O2/c1-3-19-10(18)7-5-14-17(6-7)9-4-8(13-2)15-11(12)16-9/h4-6H,3H2,1-2H3,(H3,12,13,15,16). The number of nitrogens with zero attached hydrogens (tertiary/aromatic N) is 4. The van der Waals surface area contributed by atoms with Gasteiger partial charge in [0.2, 0.25) is 5.95 Å². The Bertz CT molecular complexity index is 595. The molecule has 0 fully saturated rings. The highest BCUT2D eigenvalue weighted by Gasteiger charge is 2.11. The van der Waals surface area contributed by atoms with Gasteiger partial charge in [-0.2, -0.15) is 15.1 Å². The number of carbonyl (C=O) groups excluding carboxylic acids is 1. The fourth-order valence-electron chi connectivity index (χ4n) is 1.47. The third kappa shape index (κ3) is 2.79. The Balaban J connectivity index is 2.32. The Morgan fingerprint density at radius 2 is 2.32 bits per heavy atom. The molecule has 100 valence electrons. The molecule has 2 rings (SSSR count). The summed E-state index contributed by atoms with van der Waals surface area (Å²) in [6, 6.07) is 1.66. The number of nitrogen functional groups attached to an aromatic ring is 1. The van der Waals surface area contributed by atoms with Crippen molar-refractivity contribution in [2.45, 2.75) is 6.92 Å². The van der Waals surface area contributed by atoms with Gasteiger partial charge in [-0.25, -0.2) is 9.48 Å². The molecule has 0 saturated carbocycles. The van der Waals surface area contributed by atoms with Gasteiger partial charge in [0, 0.05) is 19.3 Å². The van der Waals surface area contributed by atoms with E-state index >= 15 is 0 Å². The molecule has 0 aliphatic rings. The lowest BCUT2D eigenvalue weighted by atomic mass is 10.4. The molecule has 0 amide bonds. The van der Waals surface area contributed by atoms with Crippen molar-refractivity contribution in [2.75, 3.05) is 24.7 Å². The molecule has 0 atom stereocenters. The monoisotopic (exact) mass is 262 g/mol. The zero-order valence-corrected chi connectivity index (χ0v) is 10.6. The molecule has 8 nitrogen and oxygen atoms in total. The van der Waals surface area contributed by atoms with Gasteiger partial charge in [0.05, 0.1) is 18.4 Å². The molecule has 0 spiro atoms. The smallest absolute Gasteiger partial charge is 0.341 e.